The Morgan fingerprint density at radius 1 is 1.33 bits per heavy atom. The summed E-state index contributed by atoms with van der Waals surface area (Å²) in [4.78, 5) is 12.0. The number of rotatable bonds is 6. The Bertz CT molecular complexity index is 611. The smallest absolute Gasteiger partial charge is 0.238 e. The normalized spacial score (nSPS) is 13.0. The minimum atomic E-state index is -3.81. The molecule has 0 aliphatic rings. The highest BCUT2D eigenvalue weighted by molar-refractivity contribution is 7.89. The minimum Gasteiger partial charge on any atom is -0.496 e. The van der Waals surface area contributed by atoms with Crippen LogP contribution in [0.4, 0.5) is 0 Å². The molecule has 3 N–H and O–H groups in total. The van der Waals surface area contributed by atoms with Gasteiger partial charge in [-0.15, -0.1) is 0 Å². The summed E-state index contributed by atoms with van der Waals surface area (Å²) in [5.41, 5.74) is 0.484. The predicted octanol–water partition coefficient (Wildman–Crippen LogP) is 1.05. The third-order valence-electron chi connectivity index (χ3n) is 3.32. The summed E-state index contributed by atoms with van der Waals surface area (Å²) in [6.07, 6.45) is 0.0313. The lowest BCUT2D eigenvalue weighted by molar-refractivity contribution is -0.121. The van der Waals surface area contributed by atoms with Crippen molar-refractivity contribution < 1.29 is 17.9 Å². The molecule has 1 unspecified atom stereocenters. The molecule has 1 amide bonds. The first-order chi connectivity index (χ1) is 9.65. The van der Waals surface area contributed by atoms with Crippen LogP contribution in [0.3, 0.4) is 0 Å². The number of methoxy groups -OCH3 is 1. The molecule has 0 heterocycles. The average molecular weight is 314 g/mol. The van der Waals surface area contributed by atoms with Gasteiger partial charge in [-0.3, -0.25) is 4.79 Å². The van der Waals surface area contributed by atoms with Crippen LogP contribution in [0.1, 0.15) is 26.3 Å². The average Bonchev–Trinajstić information content (AvgIpc) is 2.37. The molecule has 21 heavy (non-hydrogen) atoms. The Balaban J connectivity index is 2.98. The van der Waals surface area contributed by atoms with Gasteiger partial charge >= 0.3 is 0 Å². The number of sulfonamides is 1. The van der Waals surface area contributed by atoms with E-state index in [0.29, 0.717) is 17.2 Å². The molecule has 0 aliphatic heterocycles. The van der Waals surface area contributed by atoms with Crippen LogP contribution in [0.15, 0.2) is 23.1 Å². The number of benzene rings is 1. The fourth-order valence-corrected chi connectivity index (χ4v) is 2.28. The summed E-state index contributed by atoms with van der Waals surface area (Å²) >= 11 is 0. The number of carbonyl (C=O) groups excluding carboxylic acids is 1. The molecule has 0 radical (unpaired) electrons. The Hall–Kier alpha value is -1.60. The molecule has 0 aliphatic carbocycles. The number of carbonyl (C=O) groups is 1. The lowest BCUT2D eigenvalue weighted by Gasteiger charge is -2.18. The van der Waals surface area contributed by atoms with Gasteiger partial charge in [-0.2, -0.15) is 0 Å². The monoisotopic (exact) mass is 314 g/mol. The molecule has 0 aromatic heterocycles. The molecule has 6 nitrogen and oxygen atoms in total. The molecule has 7 heteroatoms. The zero-order valence-corrected chi connectivity index (χ0v) is 13.5. The second-order valence-electron chi connectivity index (χ2n) is 5.30. The van der Waals surface area contributed by atoms with E-state index in [2.05, 4.69) is 5.32 Å². The van der Waals surface area contributed by atoms with Crippen molar-refractivity contribution in [1.29, 1.82) is 0 Å². The summed E-state index contributed by atoms with van der Waals surface area (Å²) in [6, 6.07) is 4.25. The van der Waals surface area contributed by atoms with Gasteiger partial charge in [0.05, 0.1) is 18.4 Å². The summed E-state index contributed by atoms with van der Waals surface area (Å²) < 4.78 is 27.9. The molecule has 118 valence electrons. The molecule has 0 saturated heterocycles. The van der Waals surface area contributed by atoms with Crippen LogP contribution in [-0.2, 0) is 21.2 Å². The fraction of sp³-hybridized carbons (Fsp3) is 0.500. The van der Waals surface area contributed by atoms with Crippen molar-refractivity contribution in [3.63, 3.8) is 0 Å². The Labute approximate surface area is 125 Å². The molecule has 0 fully saturated rings. The standard InChI is InChI=1S/C14H22N2O4S/c1-9(2)10(3)16-14(17)8-11-7-12(21(15,18)19)5-6-13(11)20-4/h5-7,9-10H,8H2,1-4H3,(H,16,17)(H2,15,18,19). The van der Waals surface area contributed by atoms with E-state index in [1.54, 1.807) is 0 Å². The third-order valence-corrected chi connectivity index (χ3v) is 4.23. The van der Waals surface area contributed by atoms with E-state index >= 15 is 0 Å². The van der Waals surface area contributed by atoms with E-state index in [-0.39, 0.29) is 23.3 Å². The van der Waals surface area contributed by atoms with Gasteiger partial charge in [0.2, 0.25) is 15.9 Å². The maximum atomic E-state index is 12.0. The number of nitrogens with two attached hydrogens (primary N) is 1. The maximum absolute atomic E-state index is 12.0. The fourth-order valence-electron chi connectivity index (χ4n) is 1.71. The molecule has 1 aromatic rings. The van der Waals surface area contributed by atoms with Gasteiger partial charge in [0.25, 0.3) is 0 Å². The lowest BCUT2D eigenvalue weighted by atomic mass is 10.1. The Kier molecular flexibility index (Phi) is 5.74. The molecule has 1 rings (SSSR count). The van der Waals surface area contributed by atoms with E-state index < -0.39 is 10.0 Å². The summed E-state index contributed by atoms with van der Waals surface area (Å²) in [5.74, 6) is 0.572. The van der Waals surface area contributed by atoms with Crippen molar-refractivity contribution in [3.8, 4) is 5.75 Å². The van der Waals surface area contributed by atoms with E-state index in [1.807, 2.05) is 20.8 Å². The van der Waals surface area contributed by atoms with Gasteiger partial charge in [0.15, 0.2) is 0 Å². The van der Waals surface area contributed by atoms with Crippen LogP contribution >= 0.6 is 0 Å². The molecule has 0 bridgehead atoms. The minimum absolute atomic E-state index is 0.0313. The molecule has 1 aromatic carbocycles. The van der Waals surface area contributed by atoms with Crippen molar-refractivity contribution in [2.24, 2.45) is 11.1 Å². The van der Waals surface area contributed by atoms with Crippen LogP contribution < -0.4 is 15.2 Å². The first-order valence-electron chi connectivity index (χ1n) is 6.64. The zero-order chi connectivity index (χ0) is 16.2. The highest BCUT2D eigenvalue weighted by Gasteiger charge is 2.16. The topological polar surface area (TPSA) is 98.5 Å². The summed E-state index contributed by atoms with van der Waals surface area (Å²) in [7, 11) is -2.35. The van der Waals surface area contributed by atoms with E-state index in [4.69, 9.17) is 9.88 Å². The number of hydrogen-bond donors (Lipinski definition) is 2. The second-order valence-corrected chi connectivity index (χ2v) is 6.86. The van der Waals surface area contributed by atoms with Crippen molar-refractivity contribution in [2.45, 2.75) is 38.1 Å². The van der Waals surface area contributed by atoms with Crippen molar-refractivity contribution in [2.75, 3.05) is 7.11 Å². The highest BCUT2D eigenvalue weighted by atomic mass is 32.2. The van der Waals surface area contributed by atoms with E-state index in [9.17, 15) is 13.2 Å². The predicted molar refractivity (Wildman–Crippen MR) is 80.5 cm³/mol. The number of primary sulfonamides is 1. The lowest BCUT2D eigenvalue weighted by Crippen LogP contribution is -2.37. The molecular weight excluding hydrogens is 292 g/mol. The number of amides is 1. The number of hydrogen-bond acceptors (Lipinski definition) is 4. The first kappa shape index (κ1) is 17.5. The van der Waals surface area contributed by atoms with Gasteiger partial charge in [0, 0.05) is 11.6 Å². The largest absolute Gasteiger partial charge is 0.496 e. The molecule has 0 spiro atoms. The second kappa shape index (κ2) is 6.91. The van der Waals surface area contributed by atoms with Crippen LogP contribution in [0.5, 0.6) is 5.75 Å². The van der Waals surface area contributed by atoms with E-state index in [1.165, 1.54) is 25.3 Å². The first-order valence-corrected chi connectivity index (χ1v) is 8.19. The van der Waals surface area contributed by atoms with Crippen molar-refractivity contribution >= 4 is 15.9 Å². The SMILES string of the molecule is COc1ccc(S(N)(=O)=O)cc1CC(=O)NC(C)C(C)C. The van der Waals surface area contributed by atoms with Crippen LogP contribution in [0.25, 0.3) is 0 Å². The van der Waals surface area contributed by atoms with Gasteiger partial charge in [-0.25, -0.2) is 13.6 Å². The molecular formula is C14H22N2O4S. The van der Waals surface area contributed by atoms with Gasteiger partial charge in [-0.1, -0.05) is 13.8 Å². The molecule has 0 saturated carbocycles. The maximum Gasteiger partial charge on any atom is 0.238 e. The third kappa shape index (κ3) is 5.02. The van der Waals surface area contributed by atoms with Gasteiger partial charge in [-0.05, 0) is 31.0 Å². The number of nitrogens with one attached hydrogen (secondary N) is 1. The van der Waals surface area contributed by atoms with Crippen molar-refractivity contribution in [1.82, 2.24) is 5.32 Å². The van der Waals surface area contributed by atoms with Gasteiger partial charge < -0.3 is 10.1 Å². The highest BCUT2D eigenvalue weighted by Crippen LogP contribution is 2.22. The Morgan fingerprint density at radius 2 is 1.95 bits per heavy atom. The van der Waals surface area contributed by atoms with Crippen LogP contribution in [0.2, 0.25) is 0 Å². The Morgan fingerprint density at radius 3 is 2.43 bits per heavy atom. The van der Waals surface area contributed by atoms with Gasteiger partial charge in [0.1, 0.15) is 5.75 Å². The summed E-state index contributed by atoms with van der Waals surface area (Å²) in [6.45, 7) is 5.93. The molecule has 1 atom stereocenters. The number of ether oxygens (including phenoxy) is 1. The quantitative estimate of drug-likeness (QED) is 0.819. The van der Waals surface area contributed by atoms with Crippen molar-refractivity contribution in [3.05, 3.63) is 23.8 Å². The summed E-state index contributed by atoms with van der Waals surface area (Å²) in [5, 5.41) is 7.96. The van der Waals surface area contributed by atoms with Crippen LogP contribution in [-0.4, -0.2) is 27.5 Å². The van der Waals surface area contributed by atoms with Crippen LogP contribution in [0, 0.1) is 5.92 Å². The van der Waals surface area contributed by atoms with E-state index in [0.717, 1.165) is 0 Å². The zero-order valence-electron chi connectivity index (χ0n) is 12.7.